The van der Waals surface area contributed by atoms with Crippen molar-refractivity contribution in [3.8, 4) is 0 Å². The lowest BCUT2D eigenvalue weighted by Gasteiger charge is -2.28. The third-order valence-electron chi connectivity index (χ3n) is 2.43. The van der Waals surface area contributed by atoms with Gasteiger partial charge in [-0.3, -0.25) is 0 Å². The van der Waals surface area contributed by atoms with Crippen molar-refractivity contribution in [3.05, 3.63) is 0 Å². The fraction of sp³-hybridized carbons (Fsp3) is 1.00. The van der Waals surface area contributed by atoms with Crippen LogP contribution in [0.5, 0.6) is 0 Å². The highest BCUT2D eigenvalue weighted by Crippen LogP contribution is 2.33. The molecule has 2 aliphatic rings. The molecule has 1 heterocycles. The molecule has 1 saturated heterocycles. The van der Waals surface area contributed by atoms with Gasteiger partial charge in [0.25, 0.3) is 0 Å². The molecular formula is C8H15NS. The largest absolute Gasteiger partial charge is 0.314 e. The maximum Gasteiger partial charge on any atom is 0.0300 e. The normalized spacial score (nSPS) is 28.8. The number of hydrogen-bond acceptors (Lipinski definition) is 2. The van der Waals surface area contributed by atoms with E-state index in [0.717, 1.165) is 10.5 Å². The van der Waals surface area contributed by atoms with Crippen LogP contribution in [0.1, 0.15) is 25.7 Å². The maximum atomic E-state index is 3.31. The lowest BCUT2D eigenvalue weighted by molar-refractivity contribution is 0.541. The molecule has 2 heteroatoms. The Kier molecular flexibility index (Phi) is 2.19. The molecule has 0 aromatic rings. The van der Waals surface area contributed by atoms with Crippen molar-refractivity contribution in [1.82, 2.24) is 5.32 Å². The van der Waals surface area contributed by atoms with Gasteiger partial charge in [-0.05, 0) is 12.8 Å². The van der Waals surface area contributed by atoms with Crippen molar-refractivity contribution in [2.45, 2.75) is 36.2 Å². The standard InChI is InChI=1S/C8H15NS/c1-2-4-7(3-1)10-8-5-9-6-8/h7-9H,1-6H2. The second-order valence-electron chi connectivity index (χ2n) is 3.32. The summed E-state index contributed by atoms with van der Waals surface area (Å²) in [5.41, 5.74) is 0. The highest BCUT2D eigenvalue weighted by molar-refractivity contribution is 8.00. The first-order valence-electron chi connectivity index (χ1n) is 4.31. The van der Waals surface area contributed by atoms with E-state index in [4.69, 9.17) is 0 Å². The first kappa shape index (κ1) is 6.99. The Morgan fingerprint density at radius 2 is 1.70 bits per heavy atom. The van der Waals surface area contributed by atoms with E-state index >= 15 is 0 Å². The lowest BCUT2D eigenvalue weighted by atomic mass is 10.3. The van der Waals surface area contributed by atoms with Crippen LogP contribution in [0.25, 0.3) is 0 Å². The molecule has 1 N–H and O–H groups in total. The number of thioether (sulfide) groups is 1. The Morgan fingerprint density at radius 3 is 2.20 bits per heavy atom. The fourth-order valence-corrected chi connectivity index (χ4v) is 3.23. The Labute approximate surface area is 67.0 Å². The van der Waals surface area contributed by atoms with Crippen LogP contribution in [-0.2, 0) is 0 Å². The molecule has 0 amide bonds. The molecular weight excluding hydrogens is 142 g/mol. The summed E-state index contributed by atoms with van der Waals surface area (Å²) < 4.78 is 0. The summed E-state index contributed by atoms with van der Waals surface area (Å²) >= 11 is 2.23. The average molecular weight is 157 g/mol. The molecule has 0 bridgehead atoms. The summed E-state index contributed by atoms with van der Waals surface area (Å²) in [5, 5.41) is 5.30. The fourth-order valence-electron chi connectivity index (χ4n) is 1.66. The summed E-state index contributed by atoms with van der Waals surface area (Å²) in [6.45, 7) is 2.53. The highest BCUT2D eigenvalue weighted by atomic mass is 32.2. The predicted octanol–water partition coefficient (Wildman–Crippen LogP) is 1.63. The van der Waals surface area contributed by atoms with Crippen LogP contribution in [0.4, 0.5) is 0 Å². The smallest absolute Gasteiger partial charge is 0.0300 e. The van der Waals surface area contributed by atoms with Gasteiger partial charge in [-0.1, -0.05) is 12.8 Å². The summed E-state index contributed by atoms with van der Waals surface area (Å²) in [6, 6.07) is 0. The number of rotatable bonds is 2. The van der Waals surface area contributed by atoms with Crippen molar-refractivity contribution in [2.24, 2.45) is 0 Å². The monoisotopic (exact) mass is 157 g/mol. The molecule has 0 aromatic carbocycles. The number of nitrogens with one attached hydrogen (secondary N) is 1. The van der Waals surface area contributed by atoms with E-state index in [0.29, 0.717) is 0 Å². The molecule has 1 aliphatic heterocycles. The number of hydrogen-bond donors (Lipinski definition) is 1. The molecule has 0 unspecified atom stereocenters. The topological polar surface area (TPSA) is 12.0 Å². The Bertz CT molecular complexity index is 106. The molecule has 2 rings (SSSR count). The quantitative estimate of drug-likeness (QED) is 0.654. The van der Waals surface area contributed by atoms with Crippen molar-refractivity contribution < 1.29 is 0 Å². The second kappa shape index (κ2) is 3.14. The summed E-state index contributed by atoms with van der Waals surface area (Å²) in [4.78, 5) is 0. The van der Waals surface area contributed by atoms with Crippen molar-refractivity contribution >= 4 is 11.8 Å². The Hall–Kier alpha value is 0.310. The zero-order valence-electron chi connectivity index (χ0n) is 6.31. The van der Waals surface area contributed by atoms with E-state index < -0.39 is 0 Å². The van der Waals surface area contributed by atoms with Gasteiger partial charge in [0.2, 0.25) is 0 Å². The van der Waals surface area contributed by atoms with E-state index in [2.05, 4.69) is 17.1 Å². The summed E-state index contributed by atoms with van der Waals surface area (Å²) in [5.74, 6) is 0. The van der Waals surface area contributed by atoms with Crippen LogP contribution in [0.3, 0.4) is 0 Å². The molecule has 1 aliphatic carbocycles. The van der Waals surface area contributed by atoms with Gasteiger partial charge >= 0.3 is 0 Å². The first-order chi connectivity index (χ1) is 4.95. The van der Waals surface area contributed by atoms with E-state index in [1.807, 2.05) is 0 Å². The van der Waals surface area contributed by atoms with Crippen LogP contribution in [0, 0.1) is 0 Å². The van der Waals surface area contributed by atoms with Crippen LogP contribution in [-0.4, -0.2) is 23.6 Å². The van der Waals surface area contributed by atoms with E-state index in [-0.39, 0.29) is 0 Å². The van der Waals surface area contributed by atoms with Crippen LogP contribution in [0.2, 0.25) is 0 Å². The third kappa shape index (κ3) is 1.48. The molecule has 0 radical (unpaired) electrons. The first-order valence-corrected chi connectivity index (χ1v) is 5.25. The van der Waals surface area contributed by atoms with Crippen LogP contribution >= 0.6 is 11.8 Å². The Balaban J connectivity index is 1.68. The van der Waals surface area contributed by atoms with E-state index in [1.54, 1.807) is 0 Å². The lowest BCUT2D eigenvalue weighted by Crippen LogP contribution is -2.45. The van der Waals surface area contributed by atoms with E-state index in [1.165, 1.54) is 38.8 Å². The third-order valence-corrected chi connectivity index (χ3v) is 4.01. The van der Waals surface area contributed by atoms with Gasteiger partial charge < -0.3 is 5.32 Å². The zero-order chi connectivity index (χ0) is 6.81. The summed E-state index contributed by atoms with van der Waals surface area (Å²) in [6.07, 6.45) is 5.94. The Morgan fingerprint density at radius 1 is 1.00 bits per heavy atom. The predicted molar refractivity (Wildman–Crippen MR) is 46.5 cm³/mol. The van der Waals surface area contributed by atoms with Gasteiger partial charge in [0.1, 0.15) is 0 Å². The van der Waals surface area contributed by atoms with Crippen molar-refractivity contribution in [1.29, 1.82) is 0 Å². The molecule has 0 atom stereocenters. The van der Waals surface area contributed by atoms with E-state index in [9.17, 15) is 0 Å². The van der Waals surface area contributed by atoms with Crippen molar-refractivity contribution in [2.75, 3.05) is 13.1 Å². The maximum absolute atomic E-state index is 3.31. The van der Waals surface area contributed by atoms with Gasteiger partial charge in [-0.15, -0.1) is 0 Å². The van der Waals surface area contributed by atoms with Gasteiger partial charge in [0.15, 0.2) is 0 Å². The minimum absolute atomic E-state index is 0.961. The second-order valence-corrected chi connectivity index (χ2v) is 4.93. The summed E-state index contributed by atoms with van der Waals surface area (Å²) in [7, 11) is 0. The van der Waals surface area contributed by atoms with Gasteiger partial charge in [-0.2, -0.15) is 11.8 Å². The van der Waals surface area contributed by atoms with Gasteiger partial charge in [0.05, 0.1) is 0 Å². The molecule has 1 saturated carbocycles. The molecule has 0 spiro atoms. The van der Waals surface area contributed by atoms with Gasteiger partial charge in [0, 0.05) is 23.6 Å². The molecule has 58 valence electrons. The molecule has 1 nitrogen and oxygen atoms in total. The minimum Gasteiger partial charge on any atom is -0.314 e. The average Bonchev–Trinajstić information content (AvgIpc) is 2.29. The highest BCUT2D eigenvalue weighted by Gasteiger charge is 2.23. The van der Waals surface area contributed by atoms with Gasteiger partial charge in [-0.25, -0.2) is 0 Å². The zero-order valence-corrected chi connectivity index (χ0v) is 7.12. The molecule has 0 aromatic heterocycles. The SMILES string of the molecule is C1CCC(SC2CNC2)C1. The molecule has 2 fully saturated rings. The van der Waals surface area contributed by atoms with Crippen LogP contribution in [0.15, 0.2) is 0 Å². The molecule has 10 heavy (non-hydrogen) atoms. The van der Waals surface area contributed by atoms with Crippen molar-refractivity contribution in [3.63, 3.8) is 0 Å². The van der Waals surface area contributed by atoms with Crippen LogP contribution < -0.4 is 5.32 Å². The minimum atomic E-state index is 0.961.